The Balaban J connectivity index is 3.29. The van der Waals surface area contributed by atoms with Crippen LogP contribution in [-0.2, 0) is 0 Å². The molecule has 0 saturated heterocycles. The molecule has 0 aromatic heterocycles. The summed E-state index contributed by atoms with van der Waals surface area (Å²) in [6, 6.07) is 5.10. The van der Waals surface area contributed by atoms with E-state index >= 15 is 0 Å². The molecule has 1 aromatic rings. The van der Waals surface area contributed by atoms with Gasteiger partial charge in [0.1, 0.15) is 12.3 Å². The standard InChI is InChI=1S/C15H23F3N2O/c1-5-9-20(10-15(16,17)18)12-7-6-8-13(21-4)14(12)11(2)19-3/h6-8,11,19H,5,9-10H2,1-4H3. The number of rotatable bonds is 7. The van der Waals surface area contributed by atoms with Crippen LogP contribution in [0.5, 0.6) is 5.75 Å². The molecule has 1 N–H and O–H groups in total. The molecule has 0 aliphatic carbocycles. The van der Waals surface area contributed by atoms with Gasteiger partial charge in [-0.15, -0.1) is 0 Å². The number of nitrogens with zero attached hydrogens (tertiary/aromatic N) is 1. The SMILES string of the molecule is CCCN(CC(F)(F)F)c1cccc(OC)c1C(C)NC. The van der Waals surface area contributed by atoms with Crippen molar-refractivity contribution in [2.45, 2.75) is 32.5 Å². The van der Waals surface area contributed by atoms with Crippen LogP contribution in [0.25, 0.3) is 0 Å². The maximum Gasteiger partial charge on any atom is 0.405 e. The van der Waals surface area contributed by atoms with Gasteiger partial charge in [0, 0.05) is 23.8 Å². The molecule has 3 nitrogen and oxygen atoms in total. The molecule has 0 aliphatic rings. The maximum absolute atomic E-state index is 12.8. The molecular weight excluding hydrogens is 281 g/mol. The van der Waals surface area contributed by atoms with Crippen LogP contribution in [0, 0.1) is 0 Å². The second kappa shape index (κ2) is 7.54. The van der Waals surface area contributed by atoms with Gasteiger partial charge in [0.25, 0.3) is 0 Å². The molecule has 0 spiro atoms. The van der Waals surface area contributed by atoms with Crippen molar-refractivity contribution >= 4 is 5.69 Å². The summed E-state index contributed by atoms with van der Waals surface area (Å²) < 4.78 is 43.8. The van der Waals surface area contributed by atoms with Crippen molar-refractivity contribution in [1.29, 1.82) is 0 Å². The lowest BCUT2D eigenvalue weighted by Crippen LogP contribution is -2.36. The molecular formula is C15H23F3N2O. The highest BCUT2D eigenvalue weighted by Crippen LogP contribution is 2.35. The van der Waals surface area contributed by atoms with Crippen molar-refractivity contribution < 1.29 is 17.9 Å². The zero-order chi connectivity index (χ0) is 16.0. The minimum atomic E-state index is -4.24. The van der Waals surface area contributed by atoms with Crippen LogP contribution < -0.4 is 15.0 Å². The van der Waals surface area contributed by atoms with E-state index in [1.54, 1.807) is 25.2 Å². The highest BCUT2D eigenvalue weighted by atomic mass is 19.4. The maximum atomic E-state index is 12.8. The first-order valence-electron chi connectivity index (χ1n) is 6.99. The molecule has 1 unspecified atom stereocenters. The van der Waals surface area contributed by atoms with E-state index in [0.717, 1.165) is 5.56 Å². The Kier molecular flexibility index (Phi) is 6.33. The second-order valence-corrected chi connectivity index (χ2v) is 4.94. The van der Waals surface area contributed by atoms with Crippen LogP contribution in [-0.4, -0.2) is 33.4 Å². The first kappa shape index (κ1) is 17.6. The van der Waals surface area contributed by atoms with Gasteiger partial charge in [-0.1, -0.05) is 13.0 Å². The number of benzene rings is 1. The van der Waals surface area contributed by atoms with E-state index in [1.165, 1.54) is 12.0 Å². The minimum Gasteiger partial charge on any atom is -0.496 e. The lowest BCUT2D eigenvalue weighted by molar-refractivity contribution is -0.119. The molecule has 21 heavy (non-hydrogen) atoms. The van der Waals surface area contributed by atoms with Crippen molar-refractivity contribution in [2.24, 2.45) is 0 Å². The molecule has 1 rings (SSSR count). The first-order chi connectivity index (χ1) is 9.84. The van der Waals surface area contributed by atoms with Crippen LogP contribution >= 0.6 is 0 Å². The van der Waals surface area contributed by atoms with Crippen LogP contribution in [0.1, 0.15) is 31.9 Å². The van der Waals surface area contributed by atoms with E-state index < -0.39 is 12.7 Å². The highest BCUT2D eigenvalue weighted by Gasteiger charge is 2.32. The normalized spacial score (nSPS) is 13.1. The van der Waals surface area contributed by atoms with Crippen molar-refractivity contribution in [3.8, 4) is 5.75 Å². The molecule has 0 aliphatic heterocycles. The average molecular weight is 304 g/mol. The van der Waals surface area contributed by atoms with E-state index in [-0.39, 0.29) is 6.04 Å². The third-order valence-corrected chi connectivity index (χ3v) is 3.33. The lowest BCUT2D eigenvalue weighted by atomic mass is 10.0. The van der Waals surface area contributed by atoms with Crippen LogP contribution in [0.2, 0.25) is 0 Å². The zero-order valence-corrected chi connectivity index (χ0v) is 12.9. The molecule has 0 radical (unpaired) electrons. The van der Waals surface area contributed by atoms with E-state index in [4.69, 9.17) is 4.74 Å². The summed E-state index contributed by atoms with van der Waals surface area (Å²) in [7, 11) is 3.30. The monoisotopic (exact) mass is 304 g/mol. The van der Waals surface area contributed by atoms with E-state index in [1.807, 2.05) is 13.8 Å². The number of halogens is 3. The lowest BCUT2D eigenvalue weighted by Gasteiger charge is -2.30. The summed E-state index contributed by atoms with van der Waals surface area (Å²) in [6.07, 6.45) is -3.60. The molecule has 0 heterocycles. The fraction of sp³-hybridized carbons (Fsp3) is 0.600. The van der Waals surface area contributed by atoms with Crippen LogP contribution in [0.15, 0.2) is 18.2 Å². The average Bonchev–Trinajstić information content (AvgIpc) is 2.43. The Hall–Kier alpha value is -1.43. The highest BCUT2D eigenvalue weighted by molar-refractivity contribution is 5.61. The second-order valence-electron chi connectivity index (χ2n) is 4.94. The number of methoxy groups -OCH3 is 1. The van der Waals surface area contributed by atoms with Gasteiger partial charge in [-0.25, -0.2) is 0 Å². The van der Waals surface area contributed by atoms with Gasteiger partial charge < -0.3 is 15.0 Å². The fourth-order valence-electron chi connectivity index (χ4n) is 2.34. The summed E-state index contributed by atoms with van der Waals surface area (Å²) in [5, 5.41) is 3.07. The molecule has 0 fully saturated rings. The van der Waals surface area contributed by atoms with Crippen LogP contribution in [0.3, 0.4) is 0 Å². The molecule has 0 saturated carbocycles. The molecule has 0 bridgehead atoms. The van der Waals surface area contributed by atoms with Crippen molar-refractivity contribution in [2.75, 3.05) is 32.1 Å². The number of hydrogen-bond acceptors (Lipinski definition) is 3. The van der Waals surface area contributed by atoms with Crippen molar-refractivity contribution in [1.82, 2.24) is 5.32 Å². The summed E-state index contributed by atoms with van der Waals surface area (Å²) in [4.78, 5) is 1.37. The Labute approximate surface area is 124 Å². The fourth-order valence-corrected chi connectivity index (χ4v) is 2.34. The predicted molar refractivity (Wildman–Crippen MR) is 79.0 cm³/mol. The van der Waals surface area contributed by atoms with Crippen molar-refractivity contribution in [3.63, 3.8) is 0 Å². The van der Waals surface area contributed by atoms with Gasteiger partial charge in [-0.3, -0.25) is 0 Å². The molecule has 1 aromatic carbocycles. The topological polar surface area (TPSA) is 24.5 Å². The number of anilines is 1. The van der Waals surface area contributed by atoms with Gasteiger partial charge in [-0.2, -0.15) is 13.2 Å². The molecule has 120 valence electrons. The van der Waals surface area contributed by atoms with E-state index in [9.17, 15) is 13.2 Å². The Bertz CT molecular complexity index is 449. The van der Waals surface area contributed by atoms with Gasteiger partial charge in [0.15, 0.2) is 0 Å². The summed E-state index contributed by atoms with van der Waals surface area (Å²) >= 11 is 0. The molecule has 6 heteroatoms. The summed E-state index contributed by atoms with van der Waals surface area (Å²) in [5.74, 6) is 0.595. The first-order valence-corrected chi connectivity index (χ1v) is 6.99. The smallest absolute Gasteiger partial charge is 0.405 e. The summed E-state index contributed by atoms with van der Waals surface area (Å²) in [5.41, 5.74) is 1.32. The zero-order valence-electron chi connectivity index (χ0n) is 12.9. The minimum absolute atomic E-state index is 0.108. The van der Waals surface area contributed by atoms with Gasteiger partial charge in [-0.05, 0) is 32.5 Å². The van der Waals surface area contributed by atoms with Crippen LogP contribution in [0.4, 0.5) is 18.9 Å². The number of hydrogen-bond donors (Lipinski definition) is 1. The number of alkyl halides is 3. The molecule has 0 amide bonds. The van der Waals surface area contributed by atoms with E-state index in [2.05, 4.69) is 5.32 Å². The van der Waals surface area contributed by atoms with Gasteiger partial charge in [0.2, 0.25) is 0 Å². The van der Waals surface area contributed by atoms with Gasteiger partial charge >= 0.3 is 6.18 Å². The Morgan fingerprint density at radius 3 is 2.48 bits per heavy atom. The Morgan fingerprint density at radius 2 is 2.00 bits per heavy atom. The largest absolute Gasteiger partial charge is 0.496 e. The number of nitrogens with one attached hydrogen (secondary N) is 1. The quantitative estimate of drug-likeness (QED) is 0.830. The number of ether oxygens (including phenoxy) is 1. The van der Waals surface area contributed by atoms with E-state index in [0.29, 0.717) is 24.4 Å². The third-order valence-electron chi connectivity index (χ3n) is 3.33. The predicted octanol–water partition coefficient (Wildman–Crippen LogP) is 3.75. The summed E-state index contributed by atoms with van der Waals surface area (Å²) in [6.45, 7) is 3.15. The third kappa shape index (κ3) is 4.81. The Morgan fingerprint density at radius 1 is 1.33 bits per heavy atom. The van der Waals surface area contributed by atoms with Gasteiger partial charge in [0.05, 0.1) is 7.11 Å². The van der Waals surface area contributed by atoms with Crippen molar-refractivity contribution in [3.05, 3.63) is 23.8 Å². The molecule has 1 atom stereocenters.